The van der Waals surface area contributed by atoms with Crippen molar-refractivity contribution in [3.8, 4) is 0 Å². The molecular weight excluding hydrogens is 395 g/mol. The number of hydrogen-bond acceptors (Lipinski definition) is 1. The monoisotopic (exact) mass is 423 g/mol. The van der Waals surface area contributed by atoms with Crippen molar-refractivity contribution in [3.63, 3.8) is 0 Å². The third kappa shape index (κ3) is 4.84. The molecular formula is C29H28OP+. The maximum absolute atomic E-state index is 11.1. The van der Waals surface area contributed by atoms with Gasteiger partial charge < -0.3 is 0 Å². The van der Waals surface area contributed by atoms with Gasteiger partial charge in [-0.1, -0.05) is 72.8 Å². The molecule has 0 N–H and O–H groups in total. The van der Waals surface area contributed by atoms with Gasteiger partial charge in [0, 0.05) is 5.56 Å². The first kappa shape index (κ1) is 21.2. The molecule has 0 fully saturated rings. The fourth-order valence-corrected chi connectivity index (χ4v) is 8.79. The second kappa shape index (κ2) is 10.3. The van der Waals surface area contributed by atoms with Crippen LogP contribution in [0.25, 0.3) is 0 Å². The summed E-state index contributed by atoms with van der Waals surface area (Å²) in [6.07, 6.45) is 5.31. The second-order valence-electron chi connectivity index (χ2n) is 7.86. The Morgan fingerprint density at radius 1 is 0.581 bits per heavy atom. The van der Waals surface area contributed by atoms with E-state index in [4.69, 9.17) is 0 Å². The van der Waals surface area contributed by atoms with Crippen LogP contribution >= 0.6 is 7.26 Å². The van der Waals surface area contributed by atoms with Crippen molar-refractivity contribution in [2.45, 2.75) is 19.3 Å². The van der Waals surface area contributed by atoms with Crippen LogP contribution < -0.4 is 15.9 Å². The minimum Gasteiger partial charge on any atom is -0.298 e. The molecule has 0 amide bonds. The molecule has 0 bridgehead atoms. The van der Waals surface area contributed by atoms with Crippen LogP contribution in [-0.2, 0) is 6.42 Å². The van der Waals surface area contributed by atoms with E-state index in [9.17, 15) is 4.79 Å². The lowest BCUT2D eigenvalue weighted by Crippen LogP contribution is -2.33. The van der Waals surface area contributed by atoms with Gasteiger partial charge >= 0.3 is 0 Å². The summed E-state index contributed by atoms with van der Waals surface area (Å²) in [5, 5.41) is 4.32. The molecule has 0 aliphatic heterocycles. The summed E-state index contributed by atoms with van der Waals surface area (Å²) >= 11 is 0. The van der Waals surface area contributed by atoms with Gasteiger partial charge in [-0.15, -0.1) is 0 Å². The highest BCUT2D eigenvalue weighted by atomic mass is 31.2. The summed E-state index contributed by atoms with van der Waals surface area (Å²) in [6, 6.07) is 41.2. The molecule has 0 atom stereocenters. The number of carbonyl (C=O) groups is 1. The van der Waals surface area contributed by atoms with Crippen LogP contribution in [0.5, 0.6) is 0 Å². The zero-order valence-electron chi connectivity index (χ0n) is 17.7. The van der Waals surface area contributed by atoms with E-state index in [1.165, 1.54) is 21.5 Å². The van der Waals surface area contributed by atoms with Crippen LogP contribution in [0.2, 0.25) is 0 Å². The summed E-state index contributed by atoms with van der Waals surface area (Å²) in [6.45, 7) is 0. The van der Waals surface area contributed by atoms with Gasteiger partial charge in [0.25, 0.3) is 0 Å². The number of aldehydes is 1. The highest BCUT2D eigenvalue weighted by Crippen LogP contribution is 2.55. The van der Waals surface area contributed by atoms with E-state index in [1.807, 2.05) is 18.2 Å². The molecule has 0 heterocycles. The summed E-state index contributed by atoms with van der Waals surface area (Å²) in [5.41, 5.74) is 2.00. The number of rotatable bonds is 9. The molecule has 4 aromatic carbocycles. The lowest BCUT2D eigenvalue weighted by molar-refractivity contribution is 0.112. The van der Waals surface area contributed by atoms with Crippen molar-refractivity contribution in [2.75, 3.05) is 6.16 Å². The predicted octanol–water partition coefficient (Wildman–Crippen LogP) is 5.82. The van der Waals surface area contributed by atoms with Crippen molar-refractivity contribution in [2.24, 2.45) is 0 Å². The molecule has 0 saturated carbocycles. The maximum atomic E-state index is 11.1. The summed E-state index contributed by atoms with van der Waals surface area (Å²) in [4.78, 5) is 11.1. The molecule has 0 unspecified atom stereocenters. The van der Waals surface area contributed by atoms with Crippen LogP contribution in [0.15, 0.2) is 115 Å². The minimum atomic E-state index is -1.75. The lowest BCUT2D eigenvalue weighted by atomic mass is 10.1. The normalized spacial score (nSPS) is 11.2. The fourth-order valence-electron chi connectivity index (χ4n) is 4.38. The molecule has 4 aromatic rings. The van der Waals surface area contributed by atoms with Gasteiger partial charge in [0.05, 0.1) is 6.16 Å². The number of unbranched alkanes of at least 4 members (excludes halogenated alkanes) is 1. The Morgan fingerprint density at radius 2 is 1.10 bits per heavy atom. The smallest absolute Gasteiger partial charge is 0.150 e. The Bertz CT molecular complexity index is 994. The fraction of sp³-hybridized carbons (Fsp3) is 0.138. The Kier molecular flexibility index (Phi) is 7.07. The molecule has 2 heteroatoms. The molecule has 0 aliphatic carbocycles. The van der Waals surface area contributed by atoms with Crippen molar-refractivity contribution in [1.29, 1.82) is 0 Å². The number of carbonyl (C=O) groups excluding carboxylic acids is 1. The number of hydrogen-bond donors (Lipinski definition) is 0. The van der Waals surface area contributed by atoms with Crippen molar-refractivity contribution < 1.29 is 4.79 Å². The highest BCUT2D eigenvalue weighted by Gasteiger charge is 2.44. The van der Waals surface area contributed by atoms with Crippen LogP contribution in [0.3, 0.4) is 0 Å². The van der Waals surface area contributed by atoms with Gasteiger partial charge in [-0.25, -0.2) is 0 Å². The first-order valence-electron chi connectivity index (χ1n) is 10.9. The summed E-state index contributed by atoms with van der Waals surface area (Å²) < 4.78 is 0. The van der Waals surface area contributed by atoms with E-state index < -0.39 is 7.26 Å². The Labute approximate surface area is 186 Å². The van der Waals surface area contributed by atoms with E-state index in [2.05, 4.69) is 97.1 Å². The third-order valence-corrected chi connectivity index (χ3v) is 10.4. The van der Waals surface area contributed by atoms with Gasteiger partial charge in [0.1, 0.15) is 29.5 Å². The van der Waals surface area contributed by atoms with Gasteiger partial charge in [0.15, 0.2) is 0 Å². The molecule has 0 aliphatic rings. The quantitative estimate of drug-likeness (QED) is 0.188. The van der Waals surface area contributed by atoms with Gasteiger partial charge in [-0.3, -0.25) is 4.79 Å². The molecule has 1 nitrogen and oxygen atoms in total. The van der Waals surface area contributed by atoms with Crippen molar-refractivity contribution in [1.82, 2.24) is 0 Å². The topological polar surface area (TPSA) is 17.1 Å². The van der Waals surface area contributed by atoms with Crippen molar-refractivity contribution >= 4 is 29.5 Å². The predicted molar refractivity (Wildman–Crippen MR) is 135 cm³/mol. The summed E-state index contributed by atoms with van der Waals surface area (Å²) in [5.74, 6) is 0. The molecule has 0 spiro atoms. The first-order valence-corrected chi connectivity index (χ1v) is 12.9. The number of benzene rings is 4. The van der Waals surface area contributed by atoms with E-state index in [-0.39, 0.29) is 0 Å². The van der Waals surface area contributed by atoms with E-state index >= 15 is 0 Å². The van der Waals surface area contributed by atoms with Crippen LogP contribution in [0.1, 0.15) is 28.8 Å². The maximum Gasteiger partial charge on any atom is 0.150 e. The largest absolute Gasteiger partial charge is 0.298 e. The van der Waals surface area contributed by atoms with Crippen LogP contribution in [0, 0.1) is 0 Å². The SMILES string of the molecule is O=Cc1cccc(CCCC[P+](c2ccccc2)(c2ccccc2)c2ccccc2)c1. The second-order valence-corrected chi connectivity index (χ2v) is 11.5. The van der Waals surface area contributed by atoms with Gasteiger partial charge in [-0.05, 0) is 67.3 Å². The number of aryl methyl sites for hydroxylation is 1. The Morgan fingerprint density at radius 3 is 1.58 bits per heavy atom. The molecule has 4 rings (SSSR count). The molecule has 0 aromatic heterocycles. The van der Waals surface area contributed by atoms with Gasteiger partial charge in [0.2, 0.25) is 0 Å². The van der Waals surface area contributed by atoms with Crippen LogP contribution in [-0.4, -0.2) is 12.4 Å². The molecule has 0 saturated heterocycles. The Hall–Kier alpha value is -3.02. The molecule has 0 radical (unpaired) electrons. The summed E-state index contributed by atoms with van der Waals surface area (Å²) in [7, 11) is -1.75. The lowest BCUT2D eigenvalue weighted by Gasteiger charge is -2.27. The third-order valence-electron chi connectivity index (χ3n) is 5.89. The average Bonchev–Trinajstić information content (AvgIpc) is 2.86. The first-order chi connectivity index (χ1) is 15.3. The standard InChI is InChI=1S/C29H28OP/c30-24-26-15-12-14-25(23-26)13-10-11-22-31(27-16-4-1-5-17-27,28-18-6-2-7-19-28)29-20-8-3-9-21-29/h1-9,12,14-21,23-24H,10-11,13,22H2/q+1. The van der Waals surface area contributed by atoms with Crippen LogP contribution in [0.4, 0.5) is 0 Å². The molecule has 31 heavy (non-hydrogen) atoms. The van der Waals surface area contributed by atoms with E-state index in [1.54, 1.807) is 0 Å². The highest BCUT2D eigenvalue weighted by molar-refractivity contribution is 7.95. The minimum absolute atomic E-state index is 0.761. The zero-order chi connectivity index (χ0) is 21.4. The zero-order valence-corrected chi connectivity index (χ0v) is 18.6. The van der Waals surface area contributed by atoms with E-state index in [0.29, 0.717) is 0 Å². The van der Waals surface area contributed by atoms with Gasteiger partial charge in [-0.2, -0.15) is 0 Å². The Balaban J connectivity index is 1.66. The van der Waals surface area contributed by atoms with Crippen molar-refractivity contribution in [3.05, 3.63) is 126 Å². The average molecular weight is 424 g/mol. The molecule has 154 valence electrons. The van der Waals surface area contributed by atoms with E-state index in [0.717, 1.165) is 37.3 Å².